The van der Waals surface area contributed by atoms with E-state index in [2.05, 4.69) is 9.62 Å². The predicted octanol–water partition coefficient (Wildman–Crippen LogP) is -0.0768. The molecule has 3 rings (SSSR count). The van der Waals surface area contributed by atoms with E-state index >= 15 is 0 Å². The smallest absolute Gasteiger partial charge is 0.242 e. The van der Waals surface area contributed by atoms with E-state index in [1.807, 2.05) is 7.05 Å². The van der Waals surface area contributed by atoms with Crippen molar-refractivity contribution in [3.05, 3.63) is 23.8 Å². The average Bonchev–Trinajstić information content (AvgIpc) is 3.12. The molecule has 2 aliphatic rings. The standard InChI is InChI=1S/C19H29N5O4S.ClH/c1-14-16(24-8-4-7-18(24)25)5-3-6-17(14)29(27,28)21-15(13-20)19(26)23-11-9-22(2)10-12-23;/h3,5-6,15,21H,4,7-13,20H2,1-2H3;1H/t15-;/m0./s1. The number of carbonyl (C=O) groups is 2. The van der Waals surface area contributed by atoms with Crippen molar-refractivity contribution in [2.24, 2.45) is 5.73 Å². The van der Waals surface area contributed by atoms with Crippen LogP contribution in [0.1, 0.15) is 18.4 Å². The fourth-order valence-corrected chi connectivity index (χ4v) is 5.25. The van der Waals surface area contributed by atoms with Gasteiger partial charge in [0.1, 0.15) is 6.04 Å². The highest BCUT2D eigenvalue weighted by Gasteiger charge is 2.32. The third kappa shape index (κ3) is 5.12. The highest BCUT2D eigenvalue weighted by molar-refractivity contribution is 7.89. The van der Waals surface area contributed by atoms with Gasteiger partial charge >= 0.3 is 0 Å². The van der Waals surface area contributed by atoms with Crippen molar-refractivity contribution >= 4 is 39.9 Å². The second-order valence-corrected chi connectivity index (χ2v) is 9.27. The van der Waals surface area contributed by atoms with Crippen LogP contribution in [-0.4, -0.2) is 82.4 Å². The van der Waals surface area contributed by atoms with Gasteiger partial charge in [0.25, 0.3) is 0 Å². The van der Waals surface area contributed by atoms with Crippen molar-refractivity contribution < 1.29 is 18.0 Å². The van der Waals surface area contributed by atoms with Gasteiger partial charge in [-0.3, -0.25) is 9.59 Å². The SMILES string of the molecule is Cc1c(N2CCCC2=O)cccc1S(=O)(=O)N[C@@H](CN)C(=O)N1CCN(C)CC1.Cl. The Balaban J connectivity index is 0.00000320. The summed E-state index contributed by atoms with van der Waals surface area (Å²) < 4.78 is 28.6. The van der Waals surface area contributed by atoms with Crippen LogP contribution < -0.4 is 15.4 Å². The molecule has 0 saturated carbocycles. The third-order valence-electron chi connectivity index (χ3n) is 5.56. The predicted molar refractivity (Wildman–Crippen MR) is 117 cm³/mol. The molecule has 2 amide bonds. The van der Waals surface area contributed by atoms with Crippen LogP contribution in [0.4, 0.5) is 5.69 Å². The Morgan fingerprint density at radius 2 is 1.87 bits per heavy atom. The van der Waals surface area contributed by atoms with Crippen LogP contribution in [-0.2, 0) is 19.6 Å². The summed E-state index contributed by atoms with van der Waals surface area (Å²) in [4.78, 5) is 30.3. The van der Waals surface area contributed by atoms with Gasteiger partial charge in [0.2, 0.25) is 21.8 Å². The zero-order chi connectivity index (χ0) is 21.2. The van der Waals surface area contributed by atoms with Gasteiger partial charge in [-0.2, -0.15) is 4.72 Å². The maximum absolute atomic E-state index is 13.1. The summed E-state index contributed by atoms with van der Waals surface area (Å²) in [6, 6.07) is 3.81. The van der Waals surface area contributed by atoms with Crippen LogP contribution in [0, 0.1) is 6.92 Å². The van der Waals surface area contributed by atoms with Gasteiger partial charge in [0, 0.05) is 51.4 Å². The molecule has 168 valence electrons. The number of nitrogens with one attached hydrogen (secondary N) is 1. The lowest BCUT2D eigenvalue weighted by atomic mass is 10.2. The van der Waals surface area contributed by atoms with Gasteiger partial charge in [0.15, 0.2) is 0 Å². The summed E-state index contributed by atoms with van der Waals surface area (Å²) in [5.41, 5.74) is 6.81. The van der Waals surface area contributed by atoms with Gasteiger partial charge in [-0.25, -0.2) is 8.42 Å². The molecular formula is C19H30ClN5O4S. The Morgan fingerprint density at radius 3 is 2.43 bits per heavy atom. The normalized spacial score (nSPS) is 19.0. The van der Waals surface area contributed by atoms with Gasteiger partial charge in [0.05, 0.1) is 4.90 Å². The molecule has 3 N–H and O–H groups in total. The Hall–Kier alpha value is -1.72. The number of halogens is 1. The molecule has 0 aromatic heterocycles. The van der Waals surface area contributed by atoms with E-state index in [0.717, 1.165) is 19.5 Å². The maximum atomic E-state index is 13.1. The lowest BCUT2D eigenvalue weighted by molar-refractivity contribution is -0.134. The highest BCUT2D eigenvalue weighted by Crippen LogP contribution is 2.29. The van der Waals surface area contributed by atoms with Crippen LogP contribution in [0.15, 0.2) is 23.1 Å². The molecule has 0 unspecified atom stereocenters. The summed E-state index contributed by atoms with van der Waals surface area (Å²) in [5, 5.41) is 0. The lowest BCUT2D eigenvalue weighted by Crippen LogP contribution is -2.56. The number of amides is 2. The van der Waals surface area contributed by atoms with Crippen LogP contribution in [0.2, 0.25) is 0 Å². The van der Waals surface area contributed by atoms with Gasteiger partial charge in [-0.1, -0.05) is 6.07 Å². The molecule has 0 aliphatic carbocycles. The fourth-order valence-electron chi connectivity index (χ4n) is 3.79. The number of hydrogen-bond acceptors (Lipinski definition) is 6. The first-order chi connectivity index (χ1) is 13.7. The molecule has 2 heterocycles. The summed E-state index contributed by atoms with van der Waals surface area (Å²) in [6.45, 7) is 4.67. The molecule has 0 radical (unpaired) electrons. The second kappa shape index (κ2) is 10.1. The van der Waals surface area contributed by atoms with E-state index in [4.69, 9.17) is 5.73 Å². The minimum Gasteiger partial charge on any atom is -0.339 e. The summed E-state index contributed by atoms with van der Waals surface area (Å²) >= 11 is 0. The zero-order valence-corrected chi connectivity index (χ0v) is 19.0. The molecule has 0 spiro atoms. The van der Waals surface area contributed by atoms with Gasteiger partial charge in [-0.05, 0) is 38.1 Å². The van der Waals surface area contributed by atoms with Gasteiger partial charge < -0.3 is 20.4 Å². The number of nitrogens with two attached hydrogens (primary N) is 1. The van der Waals surface area contributed by atoms with E-state index in [1.165, 1.54) is 6.07 Å². The molecule has 0 bridgehead atoms. The van der Waals surface area contributed by atoms with E-state index in [0.29, 0.717) is 37.3 Å². The molecule has 30 heavy (non-hydrogen) atoms. The second-order valence-electron chi connectivity index (χ2n) is 7.59. The van der Waals surface area contributed by atoms with E-state index < -0.39 is 16.1 Å². The largest absolute Gasteiger partial charge is 0.339 e. The van der Waals surface area contributed by atoms with Crippen molar-refractivity contribution in [2.75, 3.05) is 51.2 Å². The number of anilines is 1. The molecule has 2 fully saturated rings. The van der Waals surface area contributed by atoms with Crippen LogP contribution in [0.3, 0.4) is 0 Å². The van der Waals surface area contributed by atoms with Crippen LogP contribution in [0.5, 0.6) is 0 Å². The fraction of sp³-hybridized carbons (Fsp3) is 0.579. The number of likely N-dealkylation sites (N-methyl/N-ethyl adjacent to an activating group) is 1. The van der Waals surface area contributed by atoms with Crippen molar-refractivity contribution in [3.8, 4) is 0 Å². The molecule has 1 atom stereocenters. The first-order valence-electron chi connectivity index (χ1n) is 9.84. The van der Waals surface area contributed by atoms with Crippen molar-refractivity contribution in [1.82, 2.24) is 14.5 Å². The van der Waals surface area contributed by atoms with Crippen LogP contribution >= 0.6 is 12.4 Å². The number of nitrogens with zero attached hydrogens (tertiary/aromatic N) is 3. The lowest BCUT2D eigenvalue weighted by Gasteiger charge is -2.34. The first-order valence-corrected chi connectivity index (χ1v) is 11.3. The summed E-state index contributed by atoms with van der Waals surface area (Å²) in [6.07, 6.45) is 1.21. The quantitative estimate of drug-likeness (QED) is 0.614. The molecule has 1 aromatic carbocycles. The Labute approximate surface area is 184 Å². The monoisotopic (exact) mass is 459 g/mol. The van der Waals surface area contributed by atoms with Gasteiger partial charge in [-0.15, -0.1) is 12.4 Å². The zero-order valence-electron chi connectivity index (χ0n) is 17.3. The van der Waals surface area contributed by atoms with E-state index in [-0.39, 0.29) is 35.7 Å². The molecule has 2 saturated heterocycles. The Kier molecular flexibility index (Phi) is 8.23. The number of piperazine rings is 1. The minimum absolute atomic E-state index is 0. The topological polar surface area (TPSA) is 116 Å². The average molecular weight is 460 g/mol. The molecular weight excluding hydrogens is 430 g/mol. The first kappa shape index (κ1) is 24.5. The highest BCUT2D eigenvalue weighted by atomic mass is 35.5. The number of hydrogen-bond donors (Lipinski definition) is 2. The molecule has 1 aromatic rings. The number of carbonyl (C=O) groups excluding carboxylic acids is 2. The van der Waals surface area contributed by atoms with Crippen molar-refractivity contribution in [1.29, 1.82) is 0 Å². The van der Waals surface area contributed by atoms with Crippen LogP contribution in [0.25, 0.3) is 0 Å². The summed E-state index contributed by atoms with van der Waals surface area (Å²) in [5.74, 6) is -0.326. The molecule has 9 nitrogen and oxygen atoms in total. The molecule has 11 heteroatoms. The van der Waals surface area contributed by atoms with Crippen molar-refractivity contribution in [3.63, 3.8) is 0 Å². The van der Waals surface area contributed by atoms with E-state index in [1.54, 1.807) is 28.9 Å². The third-order valence-corrected chi connectivity index (χ3v) is 7.17. The Morgan fingerprint density at radius 1 is 1.20 bits per heavy atom. The number of benzene rings is 1. The minimum atomic E-state index is -3.99. The molecule has 2 aliphatic heterocycles. The number of rotatable bonds is 6. The maximum Gasteiger partial charge on any atom is 0.242 e. The van der Waals surface area contributed by atoms with Crippen molar-refractivity contribution in [2.45, 2.75) is 30.7 Å². The Bertz CT molecular complexity index is 887. The summed E-state index contributed by atoms with van der Waals surface area (Å²) in [7, 11) is -2.01. The van der Waals surface area contributed by atoms with E-state index in [9.17, 15) is 18.0 Å². The number of sulfonamides is 1.